The molecule has 1 rings (SSSR count). The Morgan fingerprint density at radius 2 is 2.00 bits per heavy atom. The smallest absolute Gasteiger partial charge is 0.300 e. The zero-order chi connectivity index (χ0) is 12.1. The molecule has 1 aliphatic carbocycles. The summed E-state index contributed by atoms with van der Waals surface area (Å²) in [4.78, 5) is 9.00. The van der Waals surface area contributed by atoms with E-state index in [1.54, 1.807) is 0 Å². The van der Waals surface area contributed by atoms with Gasteiger partial charge in [0.05, 0.1) is 5.60 Å². The second kappa shape index (κ2) is 5.71. The second-order valence-electron chi connectivity index (χ2n) is 4.09. The van der Waals surface area contributed by atoms with Crippen molar-refractivity contribution in [3.63, 3.8) is 0 Å². The van der Waals surface area contributed by atoms with E-state index in [2.05, 4.69) is 19.6 Å². The van der Waals surface area contributed by atoms with Gasteiger partial charge in [-0.2, -0.15) is 0 Å². The lowest BCUT2D eigenvalue weighted by Gasteiger charge is -2.31. The molecular weight excluding hydrogens is 192 g/mol. The Balaban J connectivity index is 0.000000423. The molecular formula is C12H20O3. The summed E-state index contributed by atoms with van der Waals surface area (Å²) < 4.78 is 0. The van der Waals surface area contributed by atoms with Crippen LogP contribution in [0.4, 0.5) is 0 Å². The van der Waals surface area contributed by atoms with Crippen molar-refractivity contribution >= 4 is 5.97 Å². The summed E-state index contributed by atoms with van der Waals surface area (Å²) in [5, 5.41) is 17.3. The lowest BCUT2D eigenvalue weighted by Crippen LogP contribution is -2.31. The second-order valence-corrected chi connectivity index (χ2v) is 4.09. The predicted molar refractivity (Wildman–Crippen MR) is 60.7 cm³/mol. The molecule has 1 atom stereocenters. The molecule has 0 radical (unpaired) electrons. The van der Waals surface area contributed by atoms with Gasteiger partial charge in [0.1, 0.15) is 0 Å². The molecule has 1 aliphatic rings. The van der Waals surface area contributed by atoms with Gasteiger partial charge in [0.25, 0.3) is 5.97 Å². The number of carboxylic acids is 1. The normalized spacial score (nSPS) is 24.7. The first kappa shape index (κ1) is 13.9. The van der Waals surface area contributed by atoms with Gasteiger partial charge in [-0.15, -0.1) is 0 Å². The van der Waals surface area contributed by atoms with Gasteiger partial charge in [0, 0.05) is 6.92 Å². The van der Waals surface area contributed by atoms with Gasteiger partial charge in [0.2, 0.25) is 0 Å². The van der Waals surface area contributed by atoms with E-state index in [9.17, 15) is 5.11 Å². The minimum atomic E-state index is -0.833. The molecule has 2 N–H and O–H groups in total. The summed E-state index contributed by atoms with van der Waals surface area (Å²) in [6, 6.07) is 0. The van der Waals surface area contributed by atoms with E-state index in [4.69, 9.17) is 9.90 Å². The molecule has 0 aromatic carbocycles. The summed E-state index contributed by atoms with van der Waals surface area (Å²) in [7, 11) is 0. The molecule has 86 valence electrons. The molecule has 0 saturated heterocycles. The summed E-state index contributed by atoms with van der Waals surface area (Å²) in [6.45, 7) is 8.89. The van der Waals surface area contributed by atoms with Crippen LogP contribution in [0.1, 0.15) is 40.0 Å². The summed E-state index contributed by atoms with van der Waals surface area (Å²) in [5.74, 6) is -0.833. The van der Waals surface area contributed by atoms with Gasteiger partial charge in [-0.1, -0.05) is 18.2 Å². The highest BCUT2D eigenvalue weighted by atomic mass is 16.4. The van der Waals surface area contributed by atoms with Gasteiger partial charge < -0.3 is 10.2 Å². The van der Waals surface area contributed by atoms with Crippen molar-refractivity contribution in [1.29, 1.82) is 0 Å². The highest BCUT2D eigenvalue weighted by Crippen LogP contribution is 2.31. The molecule has 3 nitrogen and oxygen atoms in total. The SMILES string of the molecule is C=C(C)C1(O)CC=C(C)CC1.CC(=O)O. The first-order valence-electron chi connectivity index (χ1n) is 5.01. The van der Waals surface area contributed by atoms with Crippen molar-refractivity contribution in [1.82, 2.24) is 0 Å². The molecule has 1 unspecified atom stereocenters. The quantitative estimate of drug-likeness (QED) is 0.657. The van der Waals surface area contributed by atoms with Crippen LogP contribution in [0, 0.1) is 0 Å². The Kier molecular flexibility index (Phi) is 5.29. The highest BCUT2D eigenvalue weighted by Gasteiger charge is 2.28. The first-order valence-corrected chi connectivity index (χ1v) is 5.01. The van der Waals surface area contributed by atoms with Gasteiger partial charge in [0.15, 0.2) is 0 Å². The van der Waals surface area contributed by atoms with E-state index in [0.29, 0.717) is 0 Å². The maximum atomic E-state index is 9.92. The molecule has 0 aromatic heterocycles. The van der Waals surface area contributed by atoms with Crippen LogP contribution in [0.25, 0.3) is 0 Å². The molecule has 0 fully saturated rings. The molecule has 3 heteroatoms. The van der Waals surface area contributed by atoms with Crippen LogP contribution in [-0.4, -0.2) is 21.8 Å². The molecule has 0 aliphatic heterocycles. The van der Waals surface area contributed by atoms with Crippen LogP contribution in [0.3, 0.4) is 0 Å². The van der Waals surface area contributed by atoms with Crippen molar-refractivity contribution in [3.8, 4) is 0 Å². The number of hydrogen-bond acceptors (Lipinski definition) is 2. The molecule has 0 heterocycles. The van der Waals surface area contributed by atoms with Crippen molar-refractivity contribution in [2.75, 3.05) is 0 Å². The Hall–Kier alpha value is -1.09. The minimum absolute atomic E-state index is 0.612. The van der Waals surface area contributed by atoms with Crippen LogP contribution in [-0.2, 0) is 4.79 Å². The zero-order valence-corrected chi connectivity index (χ0v) is 9.71. The van der Waals surface area contributed by atoms with Crippen LogP contribution in [0.5, 0.6) is 0 Å². The van der Waals surface area contributed by atoms with Crippen molar-refractivity contribution in [2.24, 2.45) is 0 Å². The molecule has 0 aromatic rings. The number of carboxylic acid groups (broad SMARTS) is 1. The lowest BCUT2D eigenvalue weighted by atomic mass is 9.82. The fraction of sp³-hybridized carbons (Fsp3) is 0.583. The van der Waals surface area contributed by atoms with E-state index in [1.165, 1.54) is 5.57 Å². The summed E-state index contributed by atoms with van der Waals surface area (Å²) >= 11 is 0. The van der Waals surface area contributed by atoms with E-state index in [1.807, 2.05) is 6.92 Å². The average Bonchev–Trinajstić information content (AvgIpc) is 2.09. The predicted octanol–water partition coefficient (Wildman–Crippen LogP) is 2.51. The van der Waals surface area contributed by atoms with Crippen molar-refractivity contribution < 1.29 is 15.0 Å². The number of allylic oxidation sites excluding steroid dienone is 1. The van der Waals surface area contributed by atoms with E-state index >= 15 is 0 Å². The number of carbonyl (C=O) groups is 1. The largest absolute Gasteiger partial charge is 0.481 e. The third kappa shape index (κ3) is 5.37. The number of aliphatic carboxylic acids is 1. The van der Waals surface area contributed by atoms with Gasteiger partial charge >= 0.3 is 0 Å². The average molecular weight is 212 g/mol. The number of rotatable bonds is 1. The Morgan fingerprint density at radius 3 is 2.27 bits per heavy atom. The van der Waals surface area contributed by atoms with Crippen LogP contribution in [0.2, 0.25) is 0 Å². The number of aliphatic hydroxyl groups is 1. The number of hydrogen-bond donors (Lipinski definition) is 2. The fourth-order valence-electron chi connectivity index (χ4n) is 1.34. The third-order valence-corrected chi connectivity index (χ3v) is 2.52. The highest BCUT2D eigenvalue weighted by molar-refractivity contribution is 5.62. The van der Waals surface area contributed by atoms with E-state index in [-0.39, 0.29) is 0 Å². The molecule has 0 spiro atoms. The Bertz CT molecular complexity index is 275. The molecule has 0 amide bonds. The molecule has 0 bridgehead atoms. The first-order chi connectivity index (χ1) is 6.78. The Morgan fingerprint density at radius 1 is 1.53 bits per heavy atom. The topological polar surface area (TPSA) is 57.5 Å². The van der Waals surface area contributed by atoms with E-state index < -0.39 is 11.6 Å². The lowest BCUT2D eigenvalue weighted by molar-refractivity contribution is -0.134. The molecule has 15 heavy (non-hydrogen) atoms. The minimum Gasteiger partial charge on any atom is -0.481 e. The van der Waals surface area contributed by atoms with Gasteiger partial charge in [-0.05, 0) is 38.7 Å². The maximum absolute atomic E-state index is 9.92. The summed E-state index contributed by atoms with van der Waals surface area (Å²) in [6.07, 6.45) is 4.69. The van der Waals surface area contributed by atoms with Crippen LogP contribution in [0.15, 0.2) is 23.8 Å². The molecule has 0 saturated carbocycles. The third-order valence-electron chi connectivity index (χ3n) is 2.52. The van der Waals surface area contributed by atoms with Gasteiger partial charge in [-0.25, -0.2) is 0 Å². The zero-order valence-electron chi connectivity index (χ0n) is 9.71. The van der Waals surface area contributed by atoms with E-state index in [0.717, 1.165) is 31.8 Å². The summed E-state index contributed by atoms with van der Waals surface area (Å²) in [5.41, 5.74) is 1.66. The Labute approximate surface area is 91.1 Å². The van der Waals surface area contributed by atoms with Gasteiger partial charge in [-0.3, -0.25) is 4.79 Å². The monoisotopic (exact) mass is 212 g/mol. The fourth-order valence-corrected chi connectivity index (χ4v) is 1.34. The van der Waals surface area contributed by atoms with Crippen molar-refractivity contribution in [2.45, 2.75) is 45.6 Å². The standard InChI is InChI=1S/C10H16O.C2H4O2/c1-8(2)10(11)6-4-9(3)5-7-10;1-2(3)4/h4,11H,1,5-7H2,2-3H3;1H3,(H,3,4). The van der Waals surface area contributed by atoms with Crippen LogP contribution < -0.4 is 0 Å². The maximum Gasteiger partial charge on any atom is 0.300 e. The van der Waals surface area contributed by atoms with Crippen molar-refractivity contribution in [3.05, 3.63) is 23.8 Å². The van der Waals surface area contributed by atoms with Crippen LogP contribution >= 0.6 is 0 Å².